The standard InChI is InChI=1S/C17H27N6O9P/c1-17(2,3)32-15(26)16(33(27,28)29)30-5-7-10(24)11(25)14(31-7)23-6-20-9-12(19)21-8(4-18)22-13(9)23/h6-7,10-11,14,16,24-25H,4-5,18H2,1-3H3,(H2,19,21,22)(H2,27,28,29)/t7-,10+,11-,14-,16-/m1/s1. The van der Waals surface area contributed by atoms with E-state index < -0.39 is 56.2 Å². The van der Waals surface area contributed by atoms with Gasteiger partial charge in [-0.2, -0.15) is 0 Å². The van der Waals surface area contributed by atoms with Gasteiger partial charge in [0.2, 0.25) is 0 Å². The van der Waals surface area contributed by atoms with Crippen LogP contribution in [0.2, 0.25) is 0 Å². The molecule has 2 aromatic rings. The summed E-state index contributed by atoms with van der Waals surface area (Å²) in [6.07, 6.45) is -4.21. The zero-order valence-corrected chi connectivity index (χ0v) is 19.0. The zero-order valence-electron chi connectivity index (χ0n) is 18.1. The number of imidazole rings is 1. The molecule has 0 unspecified atom stereocenters. The number of carbonyl (C=O) groups is 1. The highest BCUT2D eigenvalue weighted by Crippen LogP contribution is 2.43. The average molecular weight is 490 g/mol. The fourth-order valence-corrected chi connectivity index (χ4v) is 3.81. The summed E-state index contributed by atoms with van der Waals surface area (Å²) in [6.45, 7) is 3.92. The molecular formula is C17H27N6O9P. The van der Waals surface area contributed by atoms with Crippen LogP contribution in [0.5, 0.6) is 0 Å². The van der Waals surface area contributed by atoms with Crippen molar-refractivity contribution in [1.82, 2.24) is 19.5 Å². The minimum Gasteiger partial charge on any atom is -0.458 e. The van der Waals surface area contributed by atoms with Crippen molar-refractivity contribution >= 4 is 30.5 Å². The van der Waals surface area contributed by atoms with Crippen molar-refractivity contribution in [3.05, 3.63) is 12.2 Å². The number of hydrogen-bond donors (Lipinski definition) is 6. The van der Waals surface area contributed by atoms with E-state index in [0.29, 0.717) is 0 Å². The molecule has 1 aliphatic heterocycles. The molecule has 3 heterocycles. The molecule has 0 spiro atoms. The third-order valence-corrected chi connectivity index (χ3v) is 5.59. The van der Waals surface area contributed by atoms with Crippen LogP contribution in [0.1, 0.15) is 32.8 Å². The van der Waals surface area contributed by atoms with Gasteiger partial charge in [0.1, 0.15) is 35.3 Å². The Morgan fingerprint density at radius 2 is 1.97 bits per heavy atom. The Labute approximate surface area is 187 Å². The number of esters is 1. The topological polar surface area (TPSA) is 238 Å². The maximum atomic E-state index is 12.2. The van der Waals surface area contributed by atoms with Crippen LogP contribution >= 0.6 is 7.60 Å². The Kier molecular flexibility index (Phi) is 7.07. The number of carbonyl (C=O) groups excluding carboxylic acids is 1. The maximum Gasteiger partial charge on any atom is 0.365 e. The second kappa shape index (κ2) is 9.19. The predicted octanol–water partition coefficient (Wildman–Crippen LogP) is -1.65. The first-order valence-electron chi connectivity index (χ1n) is 9.83. The lowest BCUT2D eigenvalue weighted by atomic mass is 10.1. The molecule has 3 rings (SSSR count). The van der Waals surface area contributed by atoms with Gasteiger partial charge in [-0.1, -0.05) is 0 Å². The lowest BCUT2D eigenvalue weighted by Gasteiger charge is -2.25. The molecule has 5 atom stereocenters. The maximum absolute atomic E-state index is 12.2. The number of aromatic nitrogens is 4. The first-order valence-corrected chi connectivity index (χ1v) is 11.5. The van der Waals surface area contributed by atoms with Gasteiger partial charge in [0, 0.05) is 0 Å². The molecule has 0 bridgehead atoms. The van der Waals surface area contributed by atoms with Gasteiger partial charge in [-0.15, -0.1) is 0 Å². The number of aliphatic hydroxyl groups is 2. The van der Waals surface area contributed by atoms with Crippen LogP contribution in [0.4, 0.5) is 5.82 Å². The fraction of sp³-hybridized carbons (Fsp3) is 0.647. The van der Waals surface area contributed by atoms with E-state index >= 15 is 0 Å². The Morgan fingerprint density at radius 1 is 1.30 bits per heavy atom. The van der Waals surface area contributed by atoms with E-state index in [4.69, 9.17) is 25.7 Å². The van der Waals surface area contributed by atoms with E-state index in [1.807, 2.05) is 0 Å². The molecule has 33 heavy (non-hydrogen) atoms. The van der Waals surface area contributed by atoms with E-state index in [2.05, 4.69) is 15.0 Å². The van der Waals surface area contributed by atoms with Crippen molar-refractivity contribution in [3.63, 3.8) is 0 Å². The van der Waals surface area contributed by atoms with Crippen LogP contribution in [0.15, 0.2) is 6.33 Å². The predicted molar refractivity (Wildman–Crippen MR) is 111 cm³/mol. The minimum atomic E-state index is -5.07. The molecule has 1 saturated heterocycles. The molecular weight excluding hydrogens is 463 g/mol. The van der Waals surface area contributed by atoms with Gasteiger partial charge in [-0.25, -0.2) is 19.7 Å². The highest BCUT2D eigenvalue weighted by molar-refractivity contribution is 7.53. The van der Waals surface area contributed by atoms with Gasteiger partial charge < -0.3 is 45.7 Å². The Bertz CT molecular complexity index is 1070. The number of hydrogen-bond acceptors (Lipinski definition) is 12. The Morgan fingerprint density at radius 3 is 2.55 bits per heavy atom. The summed E-state index contributed by atoms with van der Waals surface area (Å²) in [5.41, 5.74) is 10.8. The van der Waals surface area contributed by atoms with Crippen LogP contribution < -0.4 is 11.5 Å². The summed E-state index contributed by atoms with van der Waals surface area (Å²) < 4.78 is 28.8. The van der Waals surface area contributed by atoms with E-state index in [1.54, 1.807) is 0 Å². The van der Waals surface area contributed by atoms with Gasteiger partial charge in [0.15, 0.2) is 17.7 Å². The van der Waals surface area contributed by atoms with Gasteiger partial charge in [0.05, 0.1) is 19.5 Å². The number of nitrogen functional groups attached to an aromatic ring is 1. The van der Waals surface area contributed by atoms with E-state index in [0.717, 1.165) is 0 Å². The van der Waals surface area contributed by atoms with E-state index in [1.165, 1.54) is 31.7 Å². The number of fused-ring (bicyclic) bond motifs is 1. The summed E-state index contributed by atoms with van der Waals surface area (Å²) in [7, 11) is -5.07. The molecule has 0 saturated carbocycles. The third-order valence-electron chi connectivity index (χ3n) is 4.62. The van der Waals surface area contributed by atoms with Crippen molar-refractivity contribution in [2.45, 2.75) is 63.3 Å². The van der Waals surface area contributed by atoms with E-state index in [-0.39, 0.29) is 29.4 Å². The van der Waals surface area contributed by atoms with Crippen molar-refractivity contribution in [1.29, 1.82) is 0 Å². The van der Waals surface area contributed by atoms with Gasteiger partial charge in [-0.3, -0.25) is 9.13 Å². The van der Waals surface area contributed by atoms with Crippen LogP contribution in [-0.4, -0.2) is 81.9 Å². The summed E-state index contributed by atoms with van der Waals surface area (Å²) in [5, 5.41) is 20.9. The molecule has 2 aromatic heterocycles. The van der Waals surface area contributed by atoms with Crippen LogP contribution in [0.25, 0.3) is 11.2 Å². The normalized spacial score (nSPS) is 24.8. The lowest BCUT2D eigenvalue weighted by molar-refractivity contribution is -0.166. The summed E-state index contributed by atoms with van der Waals surface area (Å²) in [6, 6.07) is 0. The quantitative estimate of drug-likeness (QED) is 0.188. The summed E-state index contributed by atoms with van der Waals surface area (Å²) in [5.74, 6) is -3.23. The summed E-state index contributed by atoms with van der Waals surface area (Å²) >= 11 is 0. The molecule has 16 heteroatoms. The largest absolute Gasteiger partial charge is 0.458 e. The number of rotatable bonds is 7. The third kappa shape index (κ3) is 5.47. The first kappa shape index (κ1) is 25.4. The van der Waals surface area contributed by atoms with Crippen molar-refractivity contribution in [3.8, 4) is 0 Å². The summed E-state index contributed by atoms with van der Waals surface area (Å²) in [4.78, 5) is 43.5. The second-order valence-corrected chi connectivity index (χ2v) is 10.1. The molecule has 0 aromatic carbocycles. The fourth-order valence-electron chi connectivity index (χ4n) is 3.20. The second-order valence-electron chi connectivity index (χ2n) is 8.41. The SMILES string of the molecule is CC(C)(C)OC(=O)[C@H](OC[C@H]1O[C@@H](n2cnc3c(N)nc(CN)nc32)[C@H](O)[C@H]1O)P(=O)(O)O. The minimum absolute atomic E-state index is 0.00703. The average Bonchev–Trinajstić information content (AvgIpc) is 3.22. The van der Waals surface area contributed by atoms with E-state index in [9.17, 15) is 29.4 Å². The Hall–Kier alpha value is -2.23. The number of ether oxygens (including phenoxy) is 3. The van der Waals surface area contributed by atoms with Crippen molar-refractivity contribution in [2.75, 3.05) is 12.3 Å². The highest BCUT2D eigenvalue weighted by atomic mass is 31.2. The Balaban J connectivity index is 1.79. The van der Waals surface area contributed by atoms with Crippen LogP contribution in [-0.2, 0) is 30.1 Å². The first-order chi connectivity index (χ1) is 15.2. The molecule has 0 radical (unpaired) electrons. The molecule has 0 aliphatic carbocycles. The number of nitrogens with two attached hydrogens (primary N) is 2. The monoisotopic (exact) mass is 490 g/mol. The van der Waals surface area contributed by atoms with Crippen molar-refractivity contribution in [2.24, 2.45) is 5.73 Å². The smallest absolute Gasteiger partial charge is 0.365 e. The molecule has 0 amide bonds. The lowest BCUT2D eigenvalue weighted by Crippen LogP contribution is -2.38. The number of nitrogens with zero attached hydrogens (tertiary/aromatic N) is 4. The van der Waals surface area contributed by atoms with Crippen LogP contribution in [0, 0.1) is 0 Å². The number of aliphatic hydroxyl groups excluding tert-OH is 2. The number of anilines is 1. The highest BCUT2D eigenvalue weighted by Gasteiger charge is 2.47. The van der Waals surface area contributed by atoms with Gasteiger partial charge in [-0.05, 0) is 20.8 Å². The van der Waals surface area contributed by atoms with Crippen LogP contribution in [0.3, 0.4) is 0 Å². The molecule has 15 nitrogen and oxygen atoms in total. The zero-order chi connectivity index (χ0) is 24.7. The van der Waals surface area contributed by atoms with Crippen molar-refractivity contribution < 1.29 is 43.6 Å². The molecule has 1 aliphatic rings. The van der Waals surface area contributed by atoms with Gasteiger partial charge in [0.25, 0.3) is 5.85 Å². The molecule has 1 fully saturated rings. The molecule has 8 N–H and O–H groups in total. The van der Waals surface area contributed by atoms with Gasteiger partial charge >= 0.3 is 13.6 Å². The molecule has 184 valence electrons.